The van der Waals surface area contributed by atoms with Gasteiger partial charge in [-0.15, -0.1) is 0 Å². The van der Waals surface area contributed by atoms with Crippen molar-refractivity contribution in [2.45, 2.75) is 31.2 Å². The predicted molar refractivity (Wildman–Crippen MR) is 129 cm³/mol. The number of hydrogen-bond donors (Lipinski definition) is 2. The number of nitrogens with one attached hydrogen (secondary N) is 2. The van der Waals surface area contributed by atoms with E-state index in [-0.39, 0.29) is 34.2 Å². The quantitative estimate of drug-likeness (QED) is 0.594. The maximum atomic E-state index is 13.5. The Bertz CT molecular complexity index is 1370. The number of hydrogen-bond acceptors (Lipinski definition) is 7. The largest absolute Gasteiger partial charge is 0.367 e. The number of pyridine rings is 1. The summed E-state index contributed by atoms with van der Waals surface area (Å²) < 4.78 is 13.5. The van der Waals surface area contributed by atoms with Gasteiger partial charge in [0.05, 0.1) is 16.6 Å². The summed E-state index contributed by atoms with van der Waals surface area (Å²) in [6, 6.07) is 10.1. The van der Waals surface area contributed by atoms with Gasteiger partial charge in [0.1, 0.15) is 23.4 Å². The molecular weight excluding hydrogens is 449 g/mol. The van der Waals surface area contributed by atoms with Crippen LogP contribution < -0.4 is 15.8 Å². The van der Waals surface area contributed by atoms with Gasteiger partial charge in [-0.3, -0.25) is 14.5 Å². The maximum absolute atomic E-state index is 13.5. The first-order chi connectivity index (χ1) is 17.0. The van der Waals surface area contributed by atoms with Crippen LogP contribution in [0, 0.1) is 17.1 Å². The number of benzene rings is 1. The maximum Gasteiger partial charge on any atom is 0.269 e. The molecule has 1 aliphatic heterocycles. The molecule has 1 amide bonds. The SMILES string of the molecule is CNC(=O)c1ccc(N2CCN([C@@H]3CC[C@@H](c4nc5ccc(F)cc5c(=O)[nH]4)C3)CC2)c(C#N)n1. The predicted octanol–water partition coefficient (Wildman–Crippen LogP) is 2.15. The number of aromatic amines is 1. The third-order valence-corrected chi connectivity index (χ3v) is 7.09. The Kier molecular flexibility index (Phi) is 6.17. The molecule has 0 radical (unpaired) electrons. The van der Waals surface area contributed by atoms with Crippen LogP contribution in [0.4, 0.5) is 10.1 Å². The van der Waals surface area contributed by atoms with Gasteiger partial charge in [0, 0.05) is 45.2 Å². The number of aromatic nitrogens is 3. The van der Waals surface area contributed by atoms with Crippen molar-refractivity contribution in [3.05, 3.63) is 63.7 Å². The summed E-state index contributed by atoms with van der Waals surface area (Å²) in [4.78, 5) is 40.6. The molecule has 1 aliphatic carbocycles. The fourth-order valence-corrected chi connectivity index (χ4v) is 5.23. The minimum Gasteiger partial charge on any atom is -0.367 e. The van der Waals surface area contributed by atoms with E-state index in [2.05, 4.69) is 36.1 Å². The van der Waals surface area contributed by atoms with E-state index in [0.29, 0.717) is 17.4 Å². The van der Waals surface area contributed by atoms with Crippen molar-refractivity contribution < 1.29 is 9.18 Å². The molecule has 1 saturated heterocycles. The molecule has 5 rings (SSSR count). The molecule has 2 fully saturated rings. The van der Waals surface area contributed by atoms with Crippen LogP contribution in [0.1, 0.15) is 47.2 Å². The van der Waals surface area contributed by atoms with Crippen LogP contribution in [0.15, 0.2) is 35.1 Å². The van der Waals surface area contributed by atoms with E-state index >= 15 is 0 Å². The summed E-state index contributed by atoms with van der Waals surface area (Å²) in [6.45, 7) is 3.21. The lowest BCUT2D eigenvalue weighted by molar-refractivity contribution is 0.0958. The van der Waals surface area contributed by atoms with Gasteiger partial charge in [-0.25, -0.2) is 14.4 Å². The summed E-state index contributed by atoms with van der Waals surface area (Å²) in [5.74, 6) is 0.0729. The molecule has 35 heavy (non-hydrogen) atoms. The number of nitriles is 1. The second kappa shape index (κ2) is 9.43. The van der Waals surface area contributed by atoms with E-state index in [9.17, 15) is 19.2 Å². The molecule has 3 aromatic rings. The summed E-state index contributed by atoms with van der Waals surface area (Å²) in [5, 5.41) is 12.4. The van der Waals surface area contributed by atoms with Gasteiger partial charge in [0.15, 0.2) is 5.69 Å². The Morgan fingerprint density at radius 1 is 1.17 bits per heavy atom. The van der Waals surface area contributed by atoms with Crippen molar-refractivity contribution in [2.75, 3.05) is 38.1 Å². The number of halogens is 1. The molecule has 9 nitrogen and oxygen atoms in total. The van der Waals surface area contributed by atoms with E-state index in [1.165, 1.54) is 19.2 Å². The minimum atomic E-state index is -0.447. The highest BCUT2D eigenvalue weighted by Crippen LogP contribution is 2.36. The lowest BCUT2D eigenvalue weighted by Crippen LogP contribution is -2.50. The third-order valence-electron chi connectivity index (χ3n) is 7.09. The van der Waals surface area contributed by atoms with Gasteiger partial charge in [0.25, 0.3) is 11.5 Å². The normalized spacial score (nSPS) is 20.7. The number of anilines is 1. The zero-order valence-corrected chi connectivity index (χ0v) is 19.4. The molecule has 2 atom stereocenters. The highest BCUT2D eigenvalue weighted by Gasteiger charge is 2.33. The van der Waals surface area contributed by atoms with Crippen molar-refractivity contribution in [1.29, 1.82) is 5.26 Å². The van der Waals surface area contributed by atoms with E-state index < -0.39 is 5.82 Å². The minimum absolute atomic E-state index is 0.159. The Balaban J connectivity index is 1.24. The lowest BCUT2D eigenvalue weighted by Gasteiger charge is -2.39. The molecule has 2 N–H and O–H groups in total. The first-order valence-electron chi connectivity index (χ1n) is 11.8. The molecule has 180 valence electrons. The van der Waals surface area contributed by atoms with Crippen molar-refractivity contribution >= 4 is 22.5 Å². The van der Waals surface area contributed by atoms with Crippen molar-refractivity contribution in [2.24, 2.45) is 0 Å². The van der Waals surface area contributed by atoms with Crippen LogP contribution in [-0.4, -0.2) is 65.0 Å². The summed E-state index contributed by atoms with van der Waals surface area (Å²) in [5.41, 5.74) is 1.46. The van der Waals surface area contributed by atoms with Gasteiger partial charge >= 0.3 is 0 Å². The monoisotopic (exact) mass is 475 g/mol. The molecule has 2 aliphatic rings. The van der Waals surface area contributed by atoms with E-state index in [1.54, 1.807) is 18.2 Å². The van der Waals surface area contributed by atoms with Crippen LogP contribution in [0.2, 0.25) is 0 Å². The average molecular weight is 476 g/mol. The van der Waals surface area contributed by atoms with Crippen molar-refractivity contribution in [1.82, 2.24) is 25.2 Å². The number of carbonyl (C=O) groups is 1. The Labute approximate surface area is 201 Å². The van der Waals surface area contributed by atoms with Crippen LogP contribution in [0.5, 0.6) is 0 Å². The number of fused-ring (bicyclic) bond motifs is 1. The fourth-order valence-electron chi connectivity index (χ4n) is 5.23. The molecule has 3 heterocycles. The van der Waals surface area contributed by atoms with Crippen molar-refractivity contribution in [3.8, 4) is 6.07 Å². The number of piperazine rings is 1. The topological polar surface area (TPSA) is 118 Å². The van der Waals surface area contributed by atoms with Gasteiger partial charge in [0.2, 0.25) is 0 Å². The standard InChI is InChI=1S/C25H26FN7O2/c1-28-25(35)20-6-7-22(21(14-27)29-20)33-10-8-32(9-11-33)17-4-2-15(12-17)23-30-19-5-3-16(26)13-18(19)24(34)31-23/h3,5-7,13,15,17H,2,4,8-12H2,1H3,(H,28,35)(H,30,31,34)/t15-,17-/m1/s1. The Morgan fingerprint density at radius 3 is 2.71 bits per heavy atom. The molecular formula is C25H26FN7O2. The second-order valence-electron chi connectivity index (χ2n) is 9.05. The molecule has 0 unspecified atom stereocenters. The molecule has 2 aromatic heterocycles. The van der Waals surface area contributed by atoms with Gasteiger partial charge in [-0.1, -0.05) is 0 Å². The number of nitrogens with zero attached hydrogens (tertiary/aromatic N) is 5. The van der Waals surface area contributed by atoms with Crippen LogP contribution in [-0.2, 0) is 0 Å². The van der Waals surface area contributed by atoms with Crippen LogP contribution in [0.3, 0.4) is 0 Å². The number of rotatable bonds is 4. The molecule has 0 bridgehead atoms. The molecule has 1 aromatic carbocycles. The van der Waals surface area contributed by atoms with E-state index in [4.69, 9.17) is 0 Å². The number of H-pyrrole nitrogens is 1. The smallest absolute Gasteiger partial charge is 0.269 e. The van der Waals surface area contributed by atoms with E-state index in [1.807, 2.05) is 0 Å². The zero-order chi connectivity index (χ0) is 24.5. The van der Waals surface area contributed by atoms with Crippen LogP contribution >= 0.6 is 0 Å². The second-order valence-corrected chi connectivity index (χ2v) is 9.05. The summed E-state index contributed by atoms with van der Waals surface area (Å²) in [7, 11) is 1.53. The van der Waals surface area contributed by atoms with E-state index in [0.717, 1.165) is 51.1 Å². The third kappa shape index (κ3) is 4.47. The summed E-state index contributed by atoms with van der Waals surface area (Å²) >= 11 is 0. The summed E-state index contributed by atoms with van der Waals surface area (Å²) in [6.07, 6.45) is 2.85. The molecule has 0 spiro atoms. The lowest BCUT2D eigenvalue weighted by atomic mass is 10.1. The van der Waals surface area contributed by atoms with Gasteiger partial charge in [-0.05, 0) is 49.6 Å². The Morgan fingerprint density at radius 2 is 1.97 bits per heavy atom. The fraction of sp³-hybridized carbons (Fsp3) is 0.400. The number of carbonyl (C=O) groups excluding carboxylic acids is 1. The molecule has 10 heteroatoms. The highest BCUT2D eigenvalue weighted by molar-refractivity contribution is 5.92. The van der Waals surface area contributed by atoms with Gasteiger partial charge < -0.3 is 15.2 Å². The first kappa shape index (κ1) is 22.9. The average Bonchev–Trinajstić information content (AvgIpc) is 3.39. The first-order valence-corrected chi connectivity index (χ1v) is 11.8. The van der Waals surface area contributed by atoms with Gasteiger partial charge in [-0.2, -0.15) is 5.26 Å². The zero-order valence-electron chi connectivity index (χ0n) is 19.4. The van der Waals surface area contributed by atoms with Crippen molar-refractivity contribution in [3.63, 3.8) is 0 Å². The van der Waals surface area contributed by atoms with Crippen LogP contribution in [0.25, 0.3) is 10.9 Å². The Hall–Kier alpha value is -3.84. The molecule has 1 saturated carbocycles. The number of amides is 1. The highest BCUT2D eigenvalue weighted by atomic mass is 19.1.